The van der Waals surface area contributed by atoms with Gasteiger partial charge in [0.2, 0.25) is 0 Å². The standard InChI is InChI=1S/C18H25NO3/c1-13(20)15-9-10-19(12-15)18(21)14-5-4-8-17(11-14)22-16-6-2-3-7-16/h4-5,8,11,13,15-16,20H,2-3,6-7,9-10,12H2,1H3. The average molecular weight is 303 g/mol. The topological polar surface area (TPSA) is 49.8 Å². The lowest BCUT2D eigenvalue weighted by molar-refractivity contribution is 0.0761. The lowest BCUT2D eigenvalue weighted by Gasteiger charge is -2.19. The fraction of sp³-hybridized carbons (Fsp3) is 0.611. The van der Waals surface area contributed by atoms with Gasteiger partial charge in [0.25, 0.3) is 5.91 Å². The molecule has 0 spiro atoms. The Hall–Kier alpha value is -1.55. The number of nitrogens with zero attached hydrogens (tertiary/aromatic N) is 1. The molecule has 0 aromatic heterocycles. The van der Waals surface area contributed by atoms with E-state index in [0.717, 1.165) is 31.6 Å². The summed E-state index contributed by atoms with van der Waals surface area (Å²) in [6.07, 6.45) is 5.52. The summed E-state index contributed by atoms with van der Waals surface area (Å²) < 4.78 is 5.98. The molecule has 2 atom stereocenters. The van der Waals surface area contributed by atoms with E-state index in [1.807, 2.05) is 29.2 Å². The predicted molar refractivity (Wildman–Crippen MR) is 85.0 cm³/mol. The highest BCUT2D eigenvalue weighted by Crippen LogP contribution is 2.26. The van der Waals surface area contributed by atoms with Gasteiger partial charge < -0.3 is 14.7 Å². The first-order valence-corrected chi connectivity index (χ1v) is 8.37. The number of likely N-dealkylation sites (tertiary alicyclic amines) is 1. The summed E-state index contributed by atoms with van der Waals surface area (Å²) in [5.74, 6) is 1.03. The first kappa shape index (κ1) is 15.3. The zero-order valence-electron chi connectivity index (χ0n) is 13.2. The number of benzene rings is 1. The Kier molecular flexibility index (Phi) is 4.67. The lowest BCUT2D eigenvalue weighted by atomic mass is 10.0. The second-order valence-corrected chi connectivity index (χ2v) is 6.59. The van der Waals surface area contributed by atoms with Crippen LogP contribution in [0.15, 0.2) is 24.3 Å². The third-order valence-electron chi connectivity index (χ3n) is 4.88. The molecule has 1 aliphatic heterocycles. The van der Waals surface area contributed by atoms with Gasteiger partial charge in [-0.3, -0.25) is 4.79 Å². The number of aliphatic hydroxyl groups excluding tert-OH is 1. The van der Waals surface area contributed by atoms with E-state index in [4.69, 9.17) is 4.74 Å². The zero-order valence-corrected chi connectivity index (χ0v) is 13.2. The van der Waals surface area contributed by atoms with Gasteiger partial charge >= 0.3 is 0 Å². The zero-order chi connectivity index (χ0) is 15.5. The first-order chi connectivity index (χ1) is 10.6. The van der Waals surface area contributed by atoms with Gasteiger partial charge in [-0.05, 0) is 57.2 Å². The Morgan fingerprint density at radius 3 is 2.77 bits per heavy atom. The Morgan fingerprint density at radius 2 is 2.09 bits per heavy atom. The summed E-state index contributed by atoms with van der Waals surface area (Å²) >= 11 is 0. The SMILES string of the molecule is CC(O)C1CCN(C(=O)c2cccc(OC3CCCC3)c2)C1. The molecule has 22 heavy (non-hydrogen) atoms. The maximum absolute atomic E-state index is 12.6. The van der Waals surface area contributed by atoms with Crippen molar-refractivity contribution in [2.24, 2.45) is 5.92 Å². The minimum absolute atomic E-state index is 0.0417. The molecule has 1 aromatic rings. The Balaban J connectivity index is 1.65. The molecule has 1 saturated heterocycles. The minimum Gasteiger partial charge on any atom is -0.490 e. The normalized spacial score (nSPS) is 23.7. The maximum Gasteiger partial charge on any atom is 0.253 e. The largest absolute Gasteiger partial charge is 0.490 e. The number of hydrogen-bond acceptors (Lipinski definition) is 3. The molecule has 0 radical (unpaired) electrons. The minimum atomic E-state index is -0.352. The van der Waals surface area contributed by atoms with Gasteiger partial charge in [0.1, 0.15) is 5.75 Å². The predicted octanol–water partition coefficient (Wildman–Crippen LogP) is 2.85. The number of hydrogen-bond donors (Lipinski definition) is 1. The van der Waals surface area contributed by atoms with E-state index in [2.05, 4.69) is 0 Å². The number of amides is 1. The Morgan fingerprint density at radius 1 is 1.32 bits per heavy atom. The summed E-state index contributed by atoms with van der Waals surface area (Å²) in [4.78, 5) is 14.4. The van der Waals surface area contributed by atoms with Crippen molar-refractivity contribution in [2.75, 3.05) is 13.1 Å². The lowest BCUT2D eigenvalue weighted by Crippen LogP contribution is -2.30. The molecule has 1 aromatic carbocycles. The van der Waals surface area contributed by atoms with Gasteiger partial charge in [-0.2, -0.15) is 0 Å². The molecule has 1 heterocycles. The van der Waals surface area contributed by atoms with E-state index in [0.29, 0.717) is 18.2 Å². The first-order valence-electron chi connectivity index (χ1n) is 8.37. The van der Waals surface area contributed by atoms with E-state index >= 15 is 0 Å². The Labute approximate surface area is 132 Å². The number of aliphatic hydroxyl groups is 1. The van der Waals surface area contributed by atoms with Crippen LogP contribution in [0.1, 0.15) is 49.4 Å². The van der Waals surface area contributed by atoms with Crippen molar-refractivity contribution in [3.63, 3.8) is 0 Å². The summed E-state index contributed by atoms with van der Waals surface area (Å²) in [6.45, 7) is 3.17. The molecule has 4 nitrogen and oxygen atoms in total. The van der Waals surface area contributed by atoms with Gasteiger partial charge in [0.15, 0.2) is 0 Å². The molecular weight excluding hydrogens is 278 g/mol. The van der Waals surface area contributed by atoms with Crippen LogP contribution in [0.3, 0.4) is 0 Å². The van der Waals surface area contributed by atoms with Crippen LogP contribution in [-0.2, 0) is 0 Å². The van der Waals surface area contributed by atoms with Crippen LogP contribution in [0.4, 0.5) is 0 Å². The van der Waals surface area contributed by atoms with Gasteiger partial charge in [-0.1, -0.05) is 6.07 Å². The van der Waals surface area contributed by atoms with Gasteiger partial charge in [-0.15, -0.1) is 0 Å². The van der Waals surface area contributed by atoms with Crippen LogP contribution in [-0.4, -0.2) is 41.2 Å². The van der Waals surface area contributed by atoms with Crippen LogP contribution in [0, 0.1) is 5.92 Å². The fourth-order valence-corrected chi connectivity index (χ4v) is 3.45. The second-order valence-electron chi connectivity index (χ2n) is 6.59. The Bertz CT molecular complexity index is 523. The van der Waals surface area contributed by atoms with Crippen LogP contribution in [0.5, 0.6) is 5.75 Å². The fourth-order valence-electron chi connectivity index (χ4n) is 3.45. The van der Waals surface area contributed by atoms with Crippen molar-refractivity contribution in [3.8, 4) is 5.75 Å². The molecule has 1 amide bonds. The molecule has 0 bridgehead atoms. The third kappa shape index (κ3) is 3.43. The number of rotatable bonds is 4. The van der Waals surface area contributed by atoms with E-state index < -0.39 is 0 Å². The van der Waals surface area contributed by atoms with Gasteiger partial charge in [-0.25, -0.2) is 0 Å². The number of carbonyl (C=O) groups excluding carboxylic acids is 1. The van der Waals surface area contributed by atoms with E-state index in [-0.39, 0.29) is 17.9 Å². The van der Waals surface area contributed by atoms with Gasteiger partial charge in [0.05, 0.1) is 12.2 Å². The van der Waals surface area contributed by atoms with Gasteiger partial charge in [0, 0.05) is 24.6 Å². The van der Waals surface area contributed by atoms with Crippen LogP contribution in [0.25, 0.3) is 0 Å². The molecule has 1 aliphatic carbocycles. The van der Waals surface area contributed by atoms with Crippen molar-refractivity contribution in [2.45, 2.75) is 51.2 Å². The van der Waals surface area contributed by atoms with E-state index in [1.165, 1.54) is 12.8 Å². The highest BCUT2D eigenvalue weighted by molar-refractivity contribution is 5.94. The smallest absolute Gasteiger partial charge is 0.253 e. The van der Waals surface area contributed by atoms with Crippen LogP contribution in [0.2, 0.25) is 0 Å². The third-order valence-corrected chi connectivity index (χ3v) is 4.88. The molecule has 120 valence electrons. The highest BCUT2D eigenvalue weighted by atomic mass is 16.5. The molecule has 1 saturated carbocycles. The van der Waals surface area contributed by atoms with E-state index in [9.17, 15) is 9.90 Å². The van der Waals surface area contributed by atoms with Crippen molar-refractivity contribution >= 4 is 5.91 Å². The number of carbonyl (C=O) groups is 1. The molecular formula is C18H25NO3. The highest BCUT2D eigenvalue weighted by Gasteiger charge is 2.29. The van der Waals surface area contributed by atoms with Crippen molar-refractivity contribution in [1.29, 1.82) is 0 Å². The summed E-state index contributed by atoms with van der Waals surface area (Å²) in [5.41, 5.74) is 0.682. The quantitative estimate of drug-likeness (QED) is 0.930. The van der Waals surface area contributed by atoms with Crippen LogP contribution >= 0.6 is 0 Å². The molecule has 3 rings (SSSR count). The number of ether oxygens (including phenoxy) is 1. The van der Waals surface area contributed by atoms with Crippen molar-refractivity contribution in [1.82, 2.24) is 4.90 Å². The van der Waals surface area contributed by atoms with Crippen molar-refractivity contribution in [3.05, 3.63) is 29.8 Å². The van der Waals surface area contributed by atoms with E-state index in [1.54, 1.807) is 6.92 Å². The van der Waals surface area contributed by atoms with Crippen LogP contribution < -0.4 is 4.74 Å². The molecule has 2 fully saturated rings. The molecule has 2 unspecified atom stereocenters. The second kappa shape index (κ2) is 6.69. The molecule has 4 heteroatoms. The molecule has 2 aliphatic rings. The monoisotopic (exact) mass is 303 g/mol. The summed E-state index contributed by atoms with van der Waals surface area (Å²) in [7, 11) is 0. The maximum atomic E-state index is 12.6. The average Bonchev–Trinajstić information content (AvgIpc) is 3.18. The summed E-state index contributed by atoms with van der Waals surface area (Å²) in [6, 6.07) is 7.52. The summed E-state index contributed by atoms with van der Waals surface area (Å²) in [5, 5.41) is 9.67. The molecule has 1 N–H and O–H groups in total. The van der Waals surface area contributed by atoms with Crippen molar-refractivity contribution < 1.29 is 14.6 Å².